The Hall–Kier alpha value is -5.80. The molecule has 51 heavy (non-hydrogen) atoms. The third-order valence-electron chi connectivity index (χ3n) is 7.92. The fourth-order valence-electron chi connectivity index (χ4n) is 5.41. The molecule has 13 nitrogen and oxygen atoms in total. The molecule has 0 aliphatic carbocycles. The second kappa shape index (κ2) is 16.3. The molecule has 0 spiro atoms. The topological polar surface area (TPSA) is 171 Å². The lowest BCUT2D eigenvalue weighted by Crippen LogP contribution is -2.63. The third kappa shape index (κ3) is 8.69. The van der Waals surface area contributed by atoms with Gasteiger partial charge in [-0.25, -0.2) is 9.78 Å². The maximum atomic E-state index is 13.9. The number of fused-ring (bicyclic) bond motifs is 1. The Morgan fingerprint density at radius 2 is 1.65 bits per heavy atom. The van der Waals surface area contributed by atoms with Gasteiger partial charge >= 0.3 is 18.0 Å². The van der Waals surface area contributed by atoms with Crippen molar-refractivity contribution >= 4 is 63.6 Å². The number of thiazole rings is 1. The predicted molar refractivity (Wildman–Crippen MR) is 186 cm³/mol. The van der Waals surface area contributed by atoms with Gasteiger partial charge in [-0.15, -0.1) is 28.5 Å². The lowest BCUT2D eigenvalue weighted by Gasteiger charge is -2.49. The first-order valence-corrected chi connectivity index (χ1v) is 17.7. The molecular formula is C36H31N5O8S2. The standard InChI is InChI=1S/C36H31N5O8S2/c42-30(48-20-23-9-3-1-4-10-23)15-14-26(28-22-51-35(37-28)38-36(47)49-21-24-11-5-2-6-12-24)31(43)39-40-17-8-7-13-25(40)19-27-32(44)41-29(34(45)46)16-18-50-33(27)41/h1-14,16-17,22,27,33H,15,18-21H2,(H2-,37,38,39,43,45,46,47)/b26-14+. The van der Waals surface area contributed by atoms with Crippen LogP contribution >= 0.6 is 23.1 Å². The fourth-order valence-corrected chi connectivity index (χ4v) is 7.37. The minimum Gasteiger partial charge on any atom is -0.543 e. The lowest BCUT2D eigenvalue weighted by molar-refractivity contribution is -0.650. The number of aromatic nitrogens is 2. The molecule has 1 fully saturated rings. The first kappa shape index (κ1) is 35.0. The van der Waals surface area contributed by atoms with Crippen molar-refractivity contribution in [1.82, 2.24) is 9.88 Å². The summed E-state index contributed by atoms with van der Waals surface area (Å²) in [6.07, 6.45) is 3.71. The number of carboxylic acids is 1. The molecule has 2 N–H and O–H groups in total. The monoisotopic (exact) mass is 725 g/mol. The average Bonchev–Trinajstić information content (AvgIpc) is 3.60. The Labute approximate surface area is 300 Å². The van der Waals surface area contributed by atoms with Gasteiger partial charge in [0.25, 0.3) is 0 Å². The highest BCUT2D eigenvalue weighted by atomic mass is 32.2. The number of nitrogens with zero attached hydrogens (tertiary/aromatic N) is 3. The maximum Gasteiger partial charge on any atom is 0.413 e. The number of anilines is 1. The van der Waals surface area contributed by atoms with Crippen LogP contribution < -0.4 is 20.5 Å². The second-order valence-electron chi connectivity index (χ2n) is 11.3. The molecule has 4 aromatic rings. The van der Waals surface area contributed by atoms with Crippen molar-refractivity contribution in [2.24, 2.45) is 5.92 Å². The first-order chi connectivity index (χ1) is 24.8. The molecule has 15 heteroatoms. The quantitative estimate of drug-likeness (QED) is 0.0904. The van der Waals surface area contributed by atoms with Gasteiger partial charge in [0.15, 0.2) is 11.3 Å². The van der Waals surface area contributed by atoms with Crippen molar-refractivity contribution < 1.29 is 43.2 Å². The number of hydrogen-bond donors (Lipinski definition) is 2. The Morgan fingerprint density at radius 3 is 2.35 bits per heavy atom. The SMILES string of the molecule is O=C(C/C=C(/C(=O)N[n+]1ccccc1CC1C(=O)N2C(C(=O)[O-])=CCSC12)c1csc(NC(=O)OCc2ccccc2)n1)OCc1ccccc1. The zero-order valence-corrected chi connectivity index (χ0v) is 28.6. The number of nitrogens with one attached hydrogen (secondary N) is 2. The summed E-state index contributed by atoms with van der Waals surface area (Å²) < 4.78 is 12.1. The molecule has 2 atom stereocenters. The zero-order chi connectivity index (χ0) is 35.7. The Kier molecular flexibility index (Phi) is 11.2. The number of ether oxygens (including phenoxy) is 2. The van der Waals surface area contributed by atoms with Crippen LogP contribution in [-0.2, 0) is 48.3 Å². The van der Waals surface area contributed by atoms with Crippen LogP contribution in [0.5, 0.6) is 0 Å². The van der Waals surface area contributed by atoms with Crippen LogP contribution in [0.15, 0.2) is 108 Å². The summed E-state index contributed by atoms with van der Waals surface area (Å²) in [5.74, 6) is -3.03. The van der Waals surface area contributed by atoms with E-state index in [0.29, 0.717) is 11.4 Å². The van der Waals surface area contributed by atoms with E-state index in [1.807, 2.05) is 60.7 Å². The summed E-state index contributed by atoms with van der Waals surface area (Å²) >= 11 is 2.52. The molecule has 2 aliphatic rings. The van der Waals surface area contributed by atoms with Crippen LogP contribution in [0.1, 0.15) is 28.9 Å². The van der Waals surface area contributed by atoms with E-state index in [4.69, 9.17) is 9.47 Å². The van der Waals surface area contributed by atoms with Gasteiger partial charge in [-0.3, -0.25) is 24.6 Å². The van der Waals surface area contributed by atoms with Crippen molar-refractivity contribution in [3.8, 4) is 0 Å². The number of amides is 3. The summed E-state index contributed by atoms with van der Waals surface area (Å²) in [5, 5.41) is 15.5. The molecule has 3 amide bonds. The van der Waals surface area contributed by atoms with Crippen molar-refractivity contribution in [3.05, 3.63) is 131 Å². The molecule has 2 aromatic heterocycles. The molecule has 4 heterocycles. The van der Waals surface area contributed by atoms with Crippen molar-refractivity contribution in [2.75, 3.05) is 16.5 Å². The number of thioether (sulfide) groups is 1. The molecule has 2 aromatic carbocycles. The van der Waals surface area contributed by atoms with Crippen molar-refractivity contribution in [3.63, 3.8) is 0 Å². The summed E-state index contributed by atoms with van der Waals surface area (Å²) in [6, 6.07) is 23.5. The van der Waals surface area contributed by atoms with Gasteiger partial charge in [0.2, 0.25) is 11.6 Å². The number of β-lactam (4-membered cyclic amide) rings is 1. The minimum absolute atomic E-state index is 0.0355. The number of benzene rings is 2. The first-order valence-electron chi connectivity index (χ1n) is 15.8. The molecule has 0 radical (unpaired) electrons. The highest BCUT2D eigenvalue weighted by molar-refractivity contribution is 8.00. The summed E-state index contributed by atoms with van der Waals surface area (Å²) in [5.41, 5.74) is 5.10. The highest BCUT2D eigenvalue weighted by Crippen LogP contribution is 2.42. The van der Waals surface area contributed by atoms with E-state index in [0.717, 1.165) is 22.5 Å². The van der Waals surface area contributed by atoms with E-state index in [9.17, 15) is 29.1 Å². The maximum absolute atomic E-state index is 13.9. The molecule has 1 saturated heterocycles. The van der Waals surface area contributed by atoms with Crippen LogP contribution in [0, 0.1) is 5.92 Å². The second-order valence-corrected chi connectivity index (χ2v) is 13.3. The van der Waals surface area contributed by atoms with Gasteiger partial charge in [0, 0.05) is 29.7 Å². The van der Waals surface area contributed by atoms with Gasteiger partial charge in [0.1, 0.15) is 13.2 Å². The number of esters is 1. The summed E-state index contributed by atoms with van der Waals surface area (Å²) in [4.78, 5) is 69.3. The minimum atomic E-state index is -1.40. The smallest absolute Gasteiger partial charge is 0.413 e. The van der Waals surface area contributed by atoms with Gasteiger partial charge in [0.05, 0.1) is 40.6 Å². The summed E-state index contributed by atoms with van der Waals surface area (Å²) in [6.45, 7) is 0.115. The lowest BCUT2D eigenvalue weighted by atomic mass is 9.91. The number of pyridine rings is 1. The van der Waals surface area contributed by atoms with E-state index in [1.54, 1.807) is 29.8 Å². The Balaban J connectivity index is 1.17. The van der Waals surface area contributed by atoms with Gasteiger partial charge in [-0.2, -0.15) is 0 Å². The van der Waals surface area contributed by atoms with Gasteiger partial charge in [-0.1, -0.05) is 71.4 Å². The normalized spacial score (nSPS) is 16.6. The van der Waals surface area contributed by atoms with Crippen molar-refractivity contribution in [2.45, 2.75) is 31.4 Å². The highest BCUT2D eigenvalue weighted by Gasteiger charge is 2.51. The fraction of sp³-hybridized carbons (Fsp3) is 0.194. The molecule has 6 rings (SSSR count). The number of hydrogen-bond acceptors (Lipinski definition) is 11. The van der Waals surface area contributed by atoms with E-state index in [2.05, 4.69) is 15.7 Å². The summed E-state index contributed by atoms with van der Waals surface area (Å²) in [7, 11) is 0. The average molecular weight is 726 g/mol. The van der Waals surface area contributed by atoms with E-state index < -0.39 is 29.9 Å². The third-order valence-corrected chi connectivity index (χ3v) is 9.92. The van der Waals surface area contributed by atoms with E-state index in [-0.39, 0.29) is 59.4 Å². The largest absolute Gasteiger partial charge is 0.543 e. The van der Waals surface area contributed by atoms with E-state index >= 15 is 0 Å². The number of rotatable bonds is 13. The molecule has 260 valence electrons. The van der Waals surface area contributed by atoms with Crippen LogP contribution in [0.25, 0.3) is 5.57 Å². The van der Waals surface area contributed by atoms with Crippen LogP contribution in [0.3, 0.4) is 0 Å². The zero-order valence-electron chi connectivity index (χ0n) is 26.9. The van der Waals surface area contributed by atoms with Crippen LogP contribution in [-0.4, -0.2) is 50.9 Å². The Bertz CT molecular complexity index is 2000. The predicted octanol–water partition coefficient (Wildman–Crippen LogP) is 3.17. The number of aliphatic carboxylic acids is 1. The van der Waals surface area contributed by atoms with Crippen LogP contribution in [0.2, 0.25) is 0 Å². The number of carboxylic acid groups (broad SMARTS) is 1. The molecule has 2 unspecified atom stereocenters. The Morgan fingerprint density at radius 1 is 0.961 bits per heavy atom. The molecular weight excluding hydrogens is 695 g/mol. The van der Waals surface area contributed by atoms with Gasteiger partial charge in [-0.05, 0) is 23.3 Å². The number of carbonyl (C=O) groups is 5. The van der Waals surface area contributed by atoms with Gasteiger partial charge < -0.3 is 19.4 Å². The van der Waals surface area contributed by atoms with E-state index in [1.165, 1.54) is 33.5 Å². The molecule has 0 bridgehead atoms. The van der Waals surface area contributed by atoms with Crippen molar-refractivity contribution in [1.29, 1.82) is 0 Å². The molecule has 0 saturated carbocycles. The number of carbonyl (C=O) groups excluding carboxylic acids is 5. The van der Waals surface area contributed by atoms with Crippen LogP contribution in [0.4, 0.5) is 9.93 Å². The molecule has 2 aliphatic heterocycles.